The van der Waals surface area contributed by atoms with Crippen LogP contribution in [0.2, 0.25) is 10.0 Å². The summed E-state index contributed by atoms with van der Waals surface area (Å²) >= 11 is 24.5. The fourth-order valence-corrected chi connectivity index (χ4v) is 3.81. The normalized spacial score (nSPS) is 22.2. The maximum Gasteiger partial charge on any atom is 0.231 e. The zero-order valence-electron chi connectivity index (χ0n) is 11.2. The second kappa shape index (κ2) is 5.93. The van der Waals surface area contributed by atoms with Crippen LogP contribution in [-0.4, -0.2) is 10.2 Å². The van der Waals surface area contributed by atoms with E-state index in [1.165, 1.54) is 0 Å². The third kappa shape index (κ3) is 2.93. The number of halogens is 4. The molecule has 0 saturated heterocycles. The smallest absolute Gasteiger partial charge is 0.231 e. The lowest BCUT2D eigenvalue weighted by Gasteiger charge is -2.07. The lowest BCUT2D eigenvalue weighted by atomic mass is 10.1. The highest BCUT2D eigenvalue weighted by Crippen LogP contribution is 2.65. The first-order chi connectivity index (χ1) is 10.4. The molecule has 0 radical (unpaired) electrons. The Hall–Kier alpha value is -0.930. The van der Waals surface area contributed by atoms with Gasteiger partial charge < -0.3 is 5.32 Å². The molecule has 0 heterocycles. The van der Waals surface area contributed by atoms with Crippen LogP contribution >= 0.6 is 46.4 Å². The van der Waals surface area contributed by atoms with Crippen LogP contribution in [0, 0.1) is 5.92 Å². The number of hydrogen-bond donors (Lipinski definition) is 1. The number of rotatable bonds is 3. The van der Waals surface area contributed by atoms with Gasteiger partial charge in [-0.1, -0.05) is 53.5 Å². The molecule has 2 atom stereocenters. The lowest BCUT2D eigenvalue weighted by Crippen LogP contribution is -2.17. The molecule has 1 N–H and O–H groups in total. The number of hydrogen-bond acceptors (Lipinski definition) is 1. The summed E-state index contributed by atoms with van der Waals surface area (Å²) in [6, 6.07) is 14.4. The summed E-state index contributed by atoms with van der Waals surface area (Å²) in [5.41, 5.74) is 1.42. The Morgan fingerprint density at radius 1 is 1.05 bits per heavy atom. The van der Waals surface area contributed by atoms with Gasteiger partial charge in [0.15, 0.2) is 0 Å². The van der Waals surface area contributed by atoms with Gasteiger partial charge in [0.1, 0.15) is 4.33 Å². The highest BCUT2D eigenvalue weighted by molar-refractivity contribution is 6.53. The van der Waals surface area contributed by atoms with Gasteiger partial charge in [0.05, 0.1) is 16.6 Å². The van der Waals surface area contributed by atoms with Crippen molar-refractivity contribution in [2.24, 2.45) is 5.92 Å². The fraction of sp³-hybridized carbons (Fsp3) is 0.188. The van der Waals surface area contributed by atoms with E-state index in [9.17, 15) is 4.79 Å². The predicted octanol–water partition coefficient (Wildman–Crippen LogP) is 5.52. The molecule has 6 heteroatoms. The van der Waals surface area contributed by atoms with Crippen LogP contribution in [0.25, 0.3) is 0 Å². The van der Waals surface area contributed by atoms with Crippen LogP contribution in [0.3, 0.4) is 0 Å². The van der Waals surface area contributed by atoms with Crippen LogP contribution in [0.4, 0.5) is 5.69 Å². The maximum absolute atomic E-state index is 12.4. The zero-order valence-corrected chi connectivity index (χ0v) is 14.2. The molecule has 114 valence electrons. The lowest BCUT2D eigenvalue weighted by molar-refractivity contribution is -0.117. The van der Waals surface area contributed by atoms with Crippen molar-refractivity contribution in [3.05, 3.63) is 64.1 Å². The number of carbonyl (C=O) groups is 1. The Bertz CT molecular complexity index is 717. The molecule has 2 aromatic rings. The summed E-state index contributed by atoms with van der Waals surface area (Å²) in [4.78, 5) is 12.4. The minimum atomic E-state index is -1.11. The van der Waals surface area contributed by atoms with Gasteiger partial charge in [-0.3, -0.25) is 4.79 Å². The highest BCUT2D eigenvalue weighted by Gasteiger charge is 2.67. The first-order valence-electron chi connectivity index (χ1n) is 6.60. The quantitative estimate of drug-likeness (QED) is 0.704. The largest absolute Gasteiger partial charge is 0.324 e. The van der Waals surface area contributed by atoms with Gasteiger partial charge in [0.2, 0.25) is 5.91 Å². The molecular weight excluding hydrogens is 364 g/mol. The second-order valence-corrected chi connectivity index (χ2v) is 7.44. The van der Waals surface area contributed by atoms with Crippen LogP contribution in [0.5, 0.6) is 0 Å². The summed E-state index contributed by atoms with van der Waals surface area (Å²) in [5, 5.41) is 3.62. The number of anilines is 1. The number of alkyl halides is 2. The summed E-state index contributed by atoms with van der Waals surface area (Å²) < 4.78 is -1.11. The molecule has 0 aliphatic heterocycles. The van der Waals surface area contributed by atoms with E-state index in [4.69, 9.17) is 46.4 Å². The molecule has 0 spiro atoms. The first kappa shape index (κ1) is 15.9. The minimum Gasteiger partial charge on any atom is -0.324 e. The first-order valence-corrected chi connectivity index (χ1v) is 8.11. The molecule has 3 rings (SSSR count). The van der Waals surface area contributed by atoms with E-state index < -0.39 is 10.3 Å². The SMILES string of the molecule is O=C(Nc1ccc(Cl)cc1Cl)[C@H]1[C@@H](c2ccccc2)C1(Cl)Cl. The summed E-state index contributed by atoms with van der Waals surface area (Å²) in [6.45, 7) is 0. The van der Waals surface area contributed by atoms with Gasteiger partial charge in [-0.25, -0.2) is 0 Å². The van der Waals surface area contributed by atoms with Crippen molar-refractivity contribution in [1.29, 1.82) is 0 Å². The van der Waals surface area contributed by atoms with E-state index >= 15 is 0 Å². The molecule has 1 fully saturated rings. The average molecular weight is 375 g/mol. The van der Waals surface area contributed by atoms with Crippen LogP contribution in [0.15, 0.2) is 48.5 Å². The molecule has 22 heavy (non-hydrogen) atoms. The average Bonchev–Trinajstić information content (AvgIpc) is 3.05. The molecule has 0 bridgehead atoms. The van der Waals surface area contributed by atoms with Gasteiger partial charge in [0.25, 0.3) is 0 Å². The fourth-order valence-electron chi connectivity index (χ4n) is 2.53. The van der Waals surface area contributed by atoms with Crippen molar-refractivity contribution in [3.8, 4) is 0 Å². The zero-order chi connectivity index (χ0) is 15.9. The van der Waals surface area contributed by atoms with Crippen molar-refractivity contribution >= 4 is 58.0 Å². The van der Waals surface area contributed by atoms with E-state index in [1.54, 1.807) is 18.2 Å². The molecule has 1 saturated carbocycles. The monoisotopic (exact) mass is 373 g/mol. The highest BCUT2D eigenvalue weighted by atomic mass is 35.5. The van der Waals surface area contributed by atoms with Crippen molar-refractivity contribution in [2.75, 3.05) is 5.32 Å². The number of nitrogens with one attached hydrogen (secondary N) is 1. The van der Waals surface area contributed by atoms with Crippen molar-refractivity contribution < 1.29 is 4.79 Å². The molecule has 2 nitrogen and oxygen atoms in total. The number of benzene rings is 2. The van der Waals surface area contributed by atoms with Crippen LogP contribution in [0.1, 0.15) is 11.5 Å². The van der Waals surface area contributed by atoms with E-state index in [-0.39, 0.29) is 11.8 Å². The molecule has 1 aliphatic carbocycles. The molecule has 0 unspecified atom stereocenters. The van der Waals surface area contributed by atoms with E-state index in [0.717, 1.165) is 5.56 Å². The van der Waals surface area contributed by atoms with Gasteiger partial charge >= 0.3 is 0 Å². The van der Waals surface area contributed by atoms with Gasteiger partial charge in [-0.05, 0) is 23.8 Å². The van der Waals surface area contributed by atoms with Crippen LogP contribution in [-0.2, 0) is 4.79 Å². The van der Waals surface area contributed by atoms with Gasteiger partial charge in [-0.15, -0.1) is 23.2 Å². The Kier molecular flexibility index (Phi) is 4.30. The molecule has 0 aromatic heterocycles. The van der Waals surface area contributed by atoms with Gasteiger partial charge in [0, 0.05) is 10.9 Å². The summed E-state index contributed by atoms with van der Waals surface area (Å²) in [6.07, 6.45) is 0. The van der Waals surface area contributed by atoms with E-state index in [0.29, 0.717) is 15.7 Å². The standard InChI is InChI=1S/C16H11Cl4NO/c17-10-6-7-12(11(18)8-10)21-15(22)14-13(16(14,19)20)9-4-2-1-3-5-9/h1-8,13-14H,(H,21,22)/t13-,14-/m1/s1. The Morgan fingerprint density at radius 3 is 2.36 bits per heavy atom. The maximum atomic E-state index is 12.4. The molecule has 1 aliphatic rings. The van der Waals surface area contributed by atoms with Crippen molar-refractivity contribution in [2.45, 2.75) is 10.3 Å². The predicted molar refractivity (Wildman–Crippen MR) is 92.2 cm³/mol. The van der Waals surface area contributed by atoms with Crippen molar-refractivity contribution in [3.63, 3.8) is 0 Å². The van der Waals surface area contributed by atoms with Gasteiger partial charge in [-0.2, -0.15) is 0 Å². The summed E-state index contributed by atoms with van der Waals surface area (Å²) in [5.74, 6) is -1.02. The van der Waals surface area contributed by atoms with Crippen LogP contribution < -0.4 is 5.32 Å². The third-order valence-corrected chi connectivity index (χ3v) is 5.17. The Balaban J connectivity index is 1.78. The molecule has 1 amide bonds. The summed E-state index contributed by atoms with van der Waals surface area (Å²) in [7, 11) is 0. The molecular formula is C16H11Cl4NO. The Labute approximate surface area is 148 Å². The number of amides is 1. The second-order valence-electron chi connectivity index (χ2n) is 5.15. The van der Waals surface area contributed by atoms with Crippen molar-refractivity contribution in [1.82, 2.24) is 0 Å². The Morgan fingerprint density at radius 2 is 1.73 bits per heavy atom. The topological polar surface area (TPSA) is 29.1 Å². The van der Waals surface area contributed by atoms with E-state index in [1.807, 2.05) is 30.3 Å². The third-order valence-electron chi connectivity index (χ3n) is 3.68. The number of carbonyl (C=O) groups excluding carboxylic acids is 1. The van der Waals surface area contributed by atoms with E-state index in [2.05, 4.69) is 5.32 Å². The minimum absolute atomic E-state index is 0.233. The molecule has 2 aromatic carbocycles.